The third kappa shape index (κ3) is 1.96. The summed E-state index contributed by atoms with van der Waals surface area (Å²) in [4.78, 5) is 0. The lowest BCUT2D eigenvalue weighted by Gasteiger charge is -2.44. The first-order chi connectivity index (χ1) is 6.85. The average Bonchev–Trinajstić information content (AvgIpc) is 2.19. The second kappa shape index (κ2) is 4.63. The first kappa shape index (κ1) is 10.4. The minimum atomic E-state index is 0.292. The Kier molecular flexibility index (Phi) is 3.45. The van der Waals surface area contributed by atoms with E-state index in [1.807, 2.05) is 0 Å². The summed E-state index contributed by atoms with van der Waals surface area (Å²) in [5, 5.41) is 18.4. The average molecular weight is 198 g/mol. The Labute approximate surface area is 86.3 Å². The molecule has 2 bridgehead atoms. The number of aliphatic hydroxyl groups excluding tert-OH is 2. The molecule has 4 unspecified atom stereocenters. The monoisotopic (exact) mass is 198 g/mol. The molecule has 2 saturated carbocycles. The molecule has 0 aromatic heterocycles. The molecule has 0 spiro atoms. The van der Waals surface area contributed by atoms with Gasteiger partial charge < -0.3 is 10.2 Å². The third-order valence-corrected chi connectivity index (χ3v) is 4.38. The summed E-state index contributed by atoms with van der Waals surface area (Å²) in [6, 6.07) is 0. The van der Waals surface area contributed by atoms with E-state index in [1.165, 1.54) is 32.1 Å². The van der Waals surface area contributed by atoms with E-state index in [1.54, 1.807) is 0 Å². The smallest absolute Gasteiger partial charge is 0.0464 e. The summed E-state index contributed by atoms with van der Waals surface area (Å²) in [5.74, 6) is 2.73. The molecule has 82 valence electrons. The number of aliphatic hydroxyl groups is 2. The molecule has 2 rings (SSSR count). The molecule has 0 aromatic rings. The summed E-state index contributed by atoms with van der Waals surface area (Å²) >= 11 is 0. The SMILES string of the molecule is OCCC1CC2CCCC(C2)C1CO. The van der Waals surface area contributed by atoms with Crippen molar-refractivity contribution in [3.8, 4) is 0 Å². The molecule has 0 saturated heterocycles. The maximum atomic E-state index is 9.42. The molecule has 2 heteroatoms. The highest BCUT2D eigenvalue weighted by Crippen LogP contribution is 2.46. The zero-order chi connectivity index (χ0) is 9.97. The van der Waals surface area contributed by atoms with E-state index in [-0.39, 0.29) is 0 Å². The van der Waals surface area contributed by atoms with Crippen molar-refractivity contribution in [3.63, 3.8) is 0 Å². The van der Waals surface area contributed by atoms with Crippen LogP contribution in [0.3, 0.4) is 0 Å². The topological polar surface area (TPSA) is 40.5 Å². The van der Waals surface area contributed by atoms with E-state index in [4.69, 9.17) is 5.11 Å². The largest absolute Gasteiger partial charge is 0.396 e. The molecule has 0 heterocycles. The van der Waals surface area contributed by atoms with E-state index in [9.17, 15) is 5.11 Å². The lowest BCUT2D eigenvalue weighted by molar-refractivity contribution is 0.0135. The molecule has 0 aliphatic heterocycles. The number of rotatable bonds is 3. The Morgan fingerprint density at radius 2 is 1.93 bits per heavy atom. The van der Waals surface area contributed by atoms with Crippen LogP contribution >= 0.6 is 0 Å². The Hall–Kier alpha value is -0.0800. The highest BCUT2D eigenvalue weighted by molar-refractivity contribution is 4.88. The molecule has 0 amide bonds. The molecule has 2 nitrogen and oxygen atoms in total. The van der Waals surface area contributed by atoms with Crippen LogP contribution in [-0.2, 0) is 0 Å². The predicted molar refractivity (Wildman–Crippen MR) is 55.8 cm³/mol. The van der Waals surface area contributed by atoms with Gasteiger partial charge in [-0.3, -0.25) is 0 Å². The van der Waals surface area contributed by atoms with Crippen molar-refractivity contribution in [2.45, 2.75) is 38.5 Å². The van der Waals surface area contributed by atoms with Crippen molar-refractivity contribution in [2.75, 3.05) is 13.2 Å². The molecular weight excluding hydrogens is 176 g/mol. The van der Waals surface area contributed by atoms with Crippen molar-refractivity contribution in [1.82, 2.24) is 0 Å². The highest BCUT2D eigenvalue weighted by atomic mass is 16.3. The number of hydrogen-bond donors (Lipinski definition) is 2. The van der Waals surface area contributed by atoms with Crippen LogP contribution in [0.1, 0.15) is 38.5 Å². The molecule has 4 atom stereocenters. The van der Waals surface area contributed by atoms with E-state index < -0.39 is 0 Å². The van der Waals surface area contributed by atoms with Crippen LogP contribution in [-0.4, -0.2) is 23.4 Å². The van der Waals surface area contributed by atoms with Gasteiger partial charge in [-0.1, -0.05) is 19.3 Å². The maximum absolute atomic E-state index is 9.42. The van der Waals surface area contributed by atoms with Gasteiger partial charge in [0.15, 0.2) is 0 Å². The molecular formula is C12H22O2. The fourth-order valence-corrected chi connectivity index (χ4v) is 3.72. The van der Waals surface area contributed by atoms with E-state index >= 15 is 0 Å². The minimum Gasteiger partial charge on any atom is -0.396 e. The van der Waals surface area contributed by atoms with Crippen molar-refractivity contribution >= 4 is 0 Å². The molecule has 2 fully saturated rings. The van der Waals surface area contributed by atoms with Crippen LogP contribution in [0.5, 0.6) is 0 Å². The Bertz CT molecular complexity index is 181. The highest BCUT2D eigenvalue weighted by Gasteiger charge is 2.38. The van der Waals surface area contributed by atoms with Crippen molar-refractivity contribution < 1.29 is 10.2 Å². The van der Waals surface area contributed by atoms with Gasteiger partial charge in [-0.2, -0.15) is 0 Å². The summed E-state index contributed by atoms with van der Waals surface area (Å²) in [6.07, 6.45) is 7.55. The van der Waals surface area contributed by atoms with Crippen LogP contribution in [0.4, 0.5) is 0 Å². The molecule has 14 heavy (non-hydrogen) atoms. The van der Waals surface area contributed by atoms with Gasteiger partial charge >= 0.3 is 0 Å². The third-order valence-electron chi connectivity index (χ3n) is 4.38. The summed E-state index contributed by atoms with van der Waals surface area (Å²) < 4.78 is 0. The van der Waals surface area contributed by atoms with Gasteiger partial charge in [0, 0.05) is 13.2 Å². The minimum absolute atomic E-state index is 0.292. The molecule has 0 aromatic carbocycles. The zero-order valence-corrected chi connectivity index (χ0v) is 8.86. The van der Waals surface area contributed by atoms with E-state index in [2.05, 4.69) is 0 Å². The number of hydrogen-bond acceptors (Lipinski definition) is 2. The first-order valence-electron chi connectivity index (χ1n) is 6.07. The zero-order valence-electron chi connectivity index (χ0n) is 8.86. The van der Waals surface area contributed by atoms with Crippen LogP contribution in [0.25, 0.3) is 0 Å². The van der Waals surface area contributed by atoms with E-state index in [0.717, 1.165) is 18.3 Å². The van der Waals surface area contributed by atoms with Crippen LogP contribution < -0.4 is 0 Å². The summed E-state index contributed by atoms with van der Waals surface area (Å²) in [6.45, 7) is 0.628. The fraction of sp³-hybridized carbons (Fsp3) is 1.00. The Morgan fingerprint density at radius 3 is 2.64 bits per heavy atom. The first-order valence-corrected chi connectivity index (χ1v) is 6.07. The lowest BCUT2D eigenvalue weighted by atomic mass is 9.62. The second-order valence-corrected chi connectivity index (χ2v) is 5.15. The van der Waals surface area contributed by atoms with Gasteiger partial charge in [0.05, 0.1) is 0 Å². The molecule has 2 aliphatic rings. The molecule has 2 N–H and O–H groups in total. The molecule has 2 aliphatic carbocycles. The Balaban J connectivity index is 2.01. The second-order valence-electron chi connectivity index (χ2n) is 5.15. The number of fused-ring (bicyclic) bond motifs is 2. The van der Waals surface area contributed by atoms with E-state index in [0.29, 0.717) is 25.0 Å². The fourth-order valence-electron chi connectivity index (χ4n) is 3.72. The normalized spacial score (nSPS) is 42.4. The Morgan fingerprint density at radius 1 is 1.07 bits per heavy atom. The standard InChI is InChI=1S/C12H22O2/c13-5-4-11-7-9-2-1-3-10(6-9)12(11)8-14/h9-14H,1-8H2. The van der Waals surface area contributed by atoms with Gasteiger partial charge in [-0.25, -0.2) is 0 Å². The van der Waals surface area contributed by atoms with Gasteiger partial charge in [-0.05, 0) is 42.9 Å². The predicted octanol–water partition coefficient (Wildman–Crippen LogP) is 1.80. The van der Waals surface area contributed by atoms with Gasteiger partial charge in [0.1, 0.15) is 0 Å². The van der Waals surface area contributed by atoms with Gasteiger partial charge in [-0.15, -0.1) is 0 Å². The van der Waals surface area contributed by atoms with Crippen LogP contribution in [0.2, 0.25) is 0 Å². The van der Waals surface area contributed by atoms with Gasteiger partial charge in [0.25, 0.3) is 0 Å². The lowest BCUT2D eigenvalue weighted by Crippen LogP contribution is -2.38. The van der Waals surface area contributed by atoms with Crippen molar-refractivity contribution in [1.29, 1.82) is 0 Å². The summed E-state index contributed by atoms with van der Waals surface area (Å²) in [7, 11) is 0. The van der Waals surface area contributed by atoms with Crippen LogP contribution in [0, 0.1) is 23.7 Å². The van der Waals surface area contributed by atoms with Crippen molar-refractivity contribution in [3.05, 3.63) is 0 Å². The summed E-state index contributed by atoms with van der Waals surface area (Å²) in [5.41, 5.74) is 0. The van der Waals surface area contributed by atoms with Gasteiger partial charge in [0.2, 0.25) is 0 Å². The van der Waals surface area contributed by atoms with Crippen LogP contribution in [0.15, 0.2) is 0 Å². The quantitative estimate of drug-likeness (QED) is 0.726. The molecule has 0 radical (unpaired) electrons. The van der Waals surface area contributed by atoms with Crippen molar-refractivity contribution in [2.24, 2.45) is 23.7 Å². The maximum Gasteiger partial charge on any atom is 0.0464 e.